The van der Waals surface area contributed by atoms with E-state index >= 15 is 0 Å². The molecular formula is C8H15N2O+. The highest BCUT2D eigenvalue weighted by atomic mass is 16.3. The minimum absolute atomic E-state index is 0.209. The van der Waals surface area contributed by atoms with Crippen LogP contribution in [0.15, 0.2) is 18.7 Å². The van der Waals surface area contributed by atoms with E-state index in [9.17, 15) is 0 Å². The molecule has 0 amide bonds. The van der Waals surface area contributed by atoms with Crippen molar-refractivity contribution in [2.75, 3.05) is 6.61 Å². The molecule has 0 atom stereocenters. The van der Waals surface area contributed by atoms with Crippen LogP contribution in [0.1, 0.15) is 13.3 Å². The number of aliphatic hydroxyl groups is 1. The smallest absolute Gasteiger partial charge is 0.243 e. The van der Waals surface area contributed by atoms with Crippen LogP contribution in [-0.2, 0) is 13.1 Å². The number of hydrogen-bond acceptors (Lipinski definition) is 1. The van der Waals surface area contributed by atoms with Gasteiger partial charge in [0.15, 0.2) is 0 Å². The lowest BCUT2D eigenvalue weighted by Gasteiger charge is -1.90. The zero-order valence-electron chi connectivity index (χ0n) is 6.90. The van der Waals surface area contributed by atoms with Gasteiger partial charge < -0.3 is 5.11 Å². The molecule has 1 aromatic rings. The van der Waals surface area contributed by atoms with E-state index in [-0.39, 0.29) is 6.61 Å². The number of rotatable bonds is 4. The third-order valence-corrected chi connectivity index (χ3v) is 1.59. The molecule has 1 aromatic heterocycles. The van der Waals surface area contributed by atoms with Gasteiger partial charge in [0.25, 0.3) is 0 Å². The Morgan fingerprint density at radius 1 is 1.55 bits per heavy atom. The highest BCUT2D eigenvalue weighted by molar-refractivity contribution is 4.65. The van der Waals surface area contributed by atoms with Crippen molar-refractivity contribution in [1.29, 1.82) is 0 Å². The van der Waals surface area contributed by atoms with Crippen LogP contribution in [0.5, 0.6) is 0 Å². The normalized spacial score (nSPS) is 10.4. The third-order valence-electron chi connectivity index (χ3n) is 1.59. The molecule has 0 saturated carbocycles. The van der Waals surface area contributed by atoms with Crippen molar-refractivity contribution in [2.24, 2.45) is 0 Å². The summed E-state index contributed by atoms with van der Waals surface area (Å²) in [5.41, 5.74) is 0. The van der Waals surface area contributed by atoms with Crippen LogP contribution in [0, 0.1) is 0 Å². The van der Waals surface area contributed by atoms with Crippen molar-refractivity contribution < 1.29 is 9.67 Å². The average Bonchev–Trinajstić information content (AvgIpc) is 2.38. The Hall–Kier alpha value is -0.830. The second kappa shape index (κ2) is 4.13. The minimum atomic E-state index is 0.209. The maximum atomic E-state index is 8.63. The van der Waals surface area contributed by atoms with E-state index in [1.165, 1.54) is 0 Å². The summed E-state index contributed by atoms with van der Waals surface area (Å²) in [6.07, 6.45) is 7.17. The Balaban J connectivity index is 2.51. The van der Waals surface area contributed by atoms with Gasteiger partial charge in [-0.05, 0) is 6.42 Å². The highest BCUT2D eigenvalue weighted by Crippen LogP contribution is 1.87. The lowest BCUT2D eigenvalue weighted by Crippen LogP contribution is -2.32. The van der Waals surface area contributed by atoms with Crippen LogP contribution in [0.3, 0.4) is 0 Å². The highest BCUT2D eigenvalue weighted by Gasteiger charge is 1.99. The van der Waals surface area contributed by atoms with Gasteiger partial charge in [0.2, 0.25) is 6.33 Å². The second-order valence-corrected chi connectivity index (χ2v) is 2.61. The van der Waals surface area contributed by atoms with E-state index in [2.05, 4.69) is 11.5 Å². The maximum Gasteiger partial charge on any atom is 0.243 e. The van der Waals surface area contributed by atoms with Crippen molar-refractivity contribution in [3.05, 3.63) is 18.7 Å². The molecule has 0 unspecified atom stereocenters. The van der Waals surface area contributed by atoms with Crippen LogP contribution in [0.2, 0.25) is 0 Å². The Labute approximate surface area is 66.9 Å². The SMILES string of the molecule is CCCn1cc[n+](CCO)c1. The monoisotopic (exact) mass is 155 g/mol. The first-order valence-electron chi connectivity index (χ1n) is 4.02. The maximum absolute atomic E-state index is 8.63. The molecule has 1 N–H and O–H groups in total. The number of imidazole rings is 1. The summed E-state index contributed by atoms with van der Waals surface area (Å²) < 4.78 is 4.10. The van der Waals surface area contributed by atoms with Crippen molar-refractivity contribution in [3.8, 4) is 0 Å². The van der Waals surface area contributed by atoms with Gasteiger partial charge in [-0.25, -0.2) is 9.13 Å². The topological polar surface area (TPSA) is 29.0 Å². The molecule has 0 saturated heterocycles. The molecule has 11 heavy (non-hydrogen) atoms. The van der Waals surface area contributed by atoms with E-state index in [0.717, 1.165) is 13.0 Å². The van der Waals surface area contributed by atoms with Crippen molar-refractivity contribution in [3.63, 3.8) is 0 Å². The fraction of sp³-hybridized carbons (Fsp3) is 0.625. The van der Waals surface area contributed by atoms with Crippen molar-refractivity contribution in [2.45, 2.75) is 26.4 Å². The summed E-state index contributed by atoms with van der Waals surface area (Å²) in [5, 5.41) is 8.63. The van der Waals surface area contributed by atoms with Crippen LogP contribution in [0.4, 0.5) is 0 Å². The molecule has 1 heterocycles. The number of aromatic nitrogens is 2. The first-order chi connectivity index (χ1) is 5.36. The summed E-state index contributed by atoms with van der Waals surface area (Å²) in [4.78, 5) is 0. The van der Waals surface area contributed by atoms with E-state index in [4.69, 9.17) is 5.11 Å². The molecule has 0 aliphatic rings. The lowest BCUT2D eigenvalue weighted by atomic mass is 10.5. The predicted molar refractivity (Wildman–Crippen MR) is 42.0 cm³/mol. The standard InChI is InChI=1S/C8H15N2O/c1-2-3-9-4-5-10(8-9)6-7-11/h4-5,8,11H,2-3,6-7H2,1H3/q+1. The molecule has 1 rings (SSSR count). The Kier molecular flexibility index (Phi) is 3.11. The number of hydrogen-bond donors (Lipinski definition) is 1. The van der Waals surface area contributed by atoms with Gasteiger partial charge in [0.1, 0.15) is 18.9 Å². The Morgan fingerprint density at radius 2 is 2.36 bits per heavy atom. The Bertz CT molecular complexity index is 187. The summed E-state index contributed by atoms with van der Waals surface area (Å²) in [5.74, 6) is 0. The van der Waals surface area contributed by atoms with Gasteiger partial charge in [-0.2, -0.15) is 0 Å². The first kappa shape index (κ1) is 8.27. The molecule has 0 fully saturated rings. The van der Waals surface area contributed by atoms with Gasteiger partial charge in [-0.15, -0.1) is 0 Å². The van der Waals surface area contributed by atoms with Crippen LogP contribution >= 0.6 is 0 Å². The first-order valence-corrected chi connectivity index (χ1v) is 4.02. The minimum Gasteiger partial charge on any atom is -0.392 e. The quantitative estimate of drug-likeness (QED) is 0.617. The fourth-order valence-corrected chi connectivity index (χ4v) is 1.08. The fourth-order valence-electron chi connectivity index (χ4n) is 1.08. The molecular weight excluding hydrogens is 140 g/mol. The Morgan fingerprint density at radius 3 is 3.00 bits per heavy atom. The summed E-state index contributed by atoms with van der Waals surface area (Å²) in [6.45, 7) is 4.10. The summed E-state index contributed by atoms with van der Waals surface area (Å²) in [6, 6.07) is 0. The lowest BCUT2D eigenvalue weighted by molar-refractivity contribution is -0.697. The number of aliphatic hydroxyl groups excluding tert-OH is 1. The number of aryl methyl sites for hydroxylation is 1. The predicted octanol–water partition coefficient (Wildman–Crippen LogP) is 0.178. The molecule has 3 nitrogen and oxygen atoms in total. The second-order valence-electron chi connectivity index (χ2n) is 2.61. The van der Waals surface area contributed by atoms with Gasteiger partial charge in [0.05, 0.1) is 13.2 Å². The van der Waals surface area contributed by atoms with E-state index < -0.39 is 0 Å². The summed E-state index contributed by atoms with van der Waals surface area (Å²) in [7, 11) is 0. The van der Waals surface area contributed by atoms with E-state index in [0.29, 0.717) is 6.54 Å². The summed E-state index contributed by atoms with van der Waals surface area (Å²) >= 11 is 0. The van der Waals surface area contributed by atoms with E-state index in [1.807, 2.05) is 23.3 Å². The van der Waals surface area contributed by atoms with Gasteiger partial charge >= 0.3 is 0 Å². The third kappa shape index (κ3) is 2.35. The molecule has 62 valence electrons. The van der Waals surface area contributed by atoms with Crippen molar-refractivity contribution >= 4 is 0 Å². The molecule has 3 heteroatoms. The van der Waals surface area contributed by atoms with E-state index in [1.54, 1.807) is 0 Å². The molecule has 0 aliphatic heterocycles. The average molecular weight is 155 g/mol. The van der Waals surface area contributed by atoms with Crippen LogP contribution < -0.4 is 4.57 Å². The molecule has 0 aliphatic carbocycles. The van der Waals surface area contributed by atoms with Crippen molar-refractivity contribution in [1.82, 2.24) is 4.57 Å². The molecule has 0 aromatic carbocycles. The van der Waals surface area contributed by atoms with Gasteiger partial charge in [0, 0.05) is 0 Å². The van der Waals surface area contributed by atoms with Gasteiger partial charge in [-0.1, -0.05) is 6.92 Å². The molecule has 0 radical (unpaired) electrons. The van der Waals surface area contributed by atoms with Crippen LogP contribution in [0.25, 0.3) is 0 Å². The number of nitrogens with zero attached hydrogens (tertiary/aromatic N) is 2. The zero-order valence-corrected chi connectivity index (χ0v) is 6.90. The molecule has 0 bridgehead atoms. The zero-order chi connectivity index (χ0) is 8.10. The molecule has 0 spiro atoms. The van der Waals surface area contributed by atoms with Crippen LogP contribution in [-0.4, -0.2) is 16.3 Å². The van der Waals surface area contributed by atoms with Gasteiger partial charge in [-0.3, -0.25) is 0 Å². The largest absolute Gasteiger partial charge is 0.392 e.